The molecule has 2 aromatic heterocycles. The monoisotopic (exact) mass is 332 g/mol. The molecular weight excluding hydrogens is 304 g/mol. The maximum atomic E-state index is 5.97. The lowest BCUT2D eigenvalue weighted by molar-refractivity contribution is -0.0390. The summed E-state index contributed by atoms with van der Waals surface area (Å²) in [6.07, 6.45) is 3.76. The van der Waals surface area contributed by atoms with Gasteiger partial charge in [-0.15, -0.1) is 10.2 Å². The van der Waals surface area contributed by atoms with Gasteiger partial charge in [0.25, 0.3) is 0 Å². The van der Waals surface area contributed by atoms with Crippen LogP contribution in [0.5, 0.6) is 0 Å². The van der Waals surface area contributed by atoms with E-state index in [0.717, 1.165) is 51.5 Å². The molecule has 24 heavy (non-hydrogen) atoms. The average molecular weight is 332 g/mol. The molecule has 3 rings (SSSR count). The summed E-state index contributed by atoms with van der Waals surface area (Å²) in [4.78, 5) is 2.46. The Morgan fingerprint density at radius 1 is 1.25 bits per heavy atom. The molecule has 0 bridgehead atoms. The molecule has 0 saturated carbocycles. The number of morpholine rings is 1. The number of rotatable bonds is 6. The quantitative estimate of drug-likeness (QED) is 0.806. The van der Waals surface area contributed by atoms with Gasteiger partial charge in [-0.2, -0.15) is 5.10 Å². The lowest BCUT2D eigenvalue weighted by atomic mass is 10.1. The van der Waals surface area contributed by atoms with Gasteiger partial charge >= 0.3 is 0 Å². The van der Waals surface area contributed by atoms with E-state index in [4.69, 9.17) is 9.84 Å². The molecule has 1 fully saturated rings. The summed E-state index contributed by atoms with van der Waals surface area (Å²) in [5, 5.41) is 13.0. The summed E-state index contributed by atoms with van der Waals surface area (Å²) >= 11 is 0. The predicted molar refractivity (Wildman–Crippen MR) is 91.6 cm³/mol. The molecular formula is C17H28N6O. The van der Waals surface area contributed by atoms with Crippen LogP contribution in [-0.2, 0) is 37.7 Å². The van der Waals surface area contributed by atoms with Crippen molar-refractivity contribution < 1.29 is 4.74 Å². The van der Waals surface area contributed by atoms with Crippen LogP contribution in [0.15, 0.2) is 6.33 Å². The first-order chi connectivity index (χ1) is 11.7. The highest BCUT2D eigenvalue weighted by atomic mass is 16.5. The standard InChI is InChI=1S/C17H28N6O/c1-5-14-13(15(6-2)21(4)20-14)10-22-8-9-24-16(11-22)17-19-18-12-23(17)7-3/h12,16H,5-11H2,1-4H3/t16-/m1/s1. The number of aromatic nitrogens is 5. The number of hydrogen-bond acceptors (Lipinski definition) is 5. The molecule has 1 aliphatic heterocycles. The van der Waals surface area contributed by atoms with Gasteiger partial charge in [-0.05, 0) is 19.8 Å². The normalized spacial score (nSPS) is 19.1. The van der Waals surface area contributed by atoms with Gasteiger partial charge in [0, 0.05) is 44.5 Å². The molecule has 0 aromatic carbocycles. The lowest BCUT2D eigenvalue weighted by Gasteiger charge is -2.32. The van der Waals surface area contributed by atoms with Crippen molar-refractivity contribution in [2.24, 2.45) is 7.05 Å². The first kappa shape index (κ1) is 17.1. The minimum atomic E-state index is -0.00646. The Kier molecular flexibility index (Phi) is 5.30. The smallest absolute Gasteiger partial charge is 0.163 e. The number of aryl methyl sites for hydroxylation is 3. The Morgan fingerprint density at radius 2 is 2.08 bits per heavy atom. The van der Waals surface area contributed by atoms with Crippen LogP contribution in [0.3, 0.4) is 0 Å². The van der Waals surface area contributed by atoms with Gasteiger partial charge < -0.3 is 9.30 Å². The van der Waals surface area contributed by atoms with Gasteiger partial charge in [0.2, 0.25) is 0 Å². The molecule has 0 spiro atoms. The van der Waals surface area contributed by atoms with Gasteiger partial charge in [0.05, 0.1) is 12.3 Å². The third-order valence-electron chi connectivity index (χ3n) is 4.83. The molecule has 0 radical (unpaired) electrons. The van der Waals surface area contributed by atoms with E-state index in [0.29, 0.717) is 0 Å². The third-order valence-corrected chi connectivity index (χ3v) is 4.83. The Bertz CT molecular complexity index is 677. The summed E-state index contributed by atoms with van der Waals surface area (Å²) in [6.45, 7) is 10.8. The first-order valence-corrected chi connectivity index (χ1v) is 8.93. The average Bonchev–Trinajstić information content (AvgIpc) is 3.19. The maximum absolute atomic E-state index is 5.97. The SMILES string of the molecule is CCc1nn(C)c(CC)c1CN1CCO[C@@H](c2nncn2CC)C1. The van der Waals surface area contributed by atoms with E-state index < -0.39 is 0 Å². The molecule has 0 N–H and O–H groups in total. The van der Waals surface area contributed by atoms with E-state index in [1.807, 2.05) is 11.7 Å². The minimum Gasteiger partial charge on any atom is -0.368 e. The van der Waals surface area contributed by atoms with Gasteiger partial charge in [-0.25, -0.2) is 0 Å². The van der Waals surface area contributed by atoms with Crippen molar-refractivity contribution >= 4 is 0 Å². The van der Waals surface area contributed by atoms with E-state index in [2.05, 4.69) is 40.4 Å². The van der Waals surface area contributed by atoms with E-state index in [1.54, 1.807) is 6.33 Å². The van der Waals surface area contributed by atoms with Gasteiger partial charge in [-0.3, -0.25) is 9.58 Å². The van der Waals surface area contributed by atoms with Crippen molar-refractivity contribution in [1.82, 2.24) is 29.4 Å². The van der Waals surface area contributed by atoms with E-state index in [9.17, 15) is 0 Å². The topological polar surface area (TPSA) is 61.0 Å². The molecule has 3 heterocycles. The van der Waals surface area contributed by atoms with Crippen LogP contribution in [0.25, 0.3) is 0 Å². The first-order valence-electron chi connectivity index (χ1n) is 8.93. The van der Waals surface area contributed by atoms with Gasteiger partial charge in [-0.1, -0.05) is 13.8 Å². The molecule has 132 valence electrons. The lowest BCUT2D eigenvalue weighted by Crippen LogP contribution is -2.39. The Morgan fingerprint density at radius 3 is 2.79 bits per heavy atom. The molecule has 7 heteroatoms. The second kappa shape index (κ2) is 7.44. The van der Waals surface area contributed by atoms with Crippen molar-refractivity contribution in [2.45, 2.75) is 52.8 Å². The zero-order valence-electron chi connectivity index (χ0n) is 15.2. The highest BCUT2D eigenvalue weighted by molar-refractivity contribution is 5.26. The Balaban J connectivity index is 1.77. The summed E-state index contributed by atoms with van der Waals surface area (Å²) < 4.78 is 10.1. The van der Waals surface area contributed by atoms with Crippen LogP contribution in [0.4, 0.5) is 0 Å². The van der Waals surface area contributed by atoms with Crippen LogP contribution in [0, 0.1) is 0 Å². The van der Waals surface area contributed by atoms with Crippen LogP contribution < -0.4 is 0 Å². The van der Waals surface area contributed by atoms with Crippen molar-refractivity contribution in [3.63, 3.8) is 0 Å². The van der Waals surface area contributed by atoms with Gasteiger partial charge in [0.1, 0.15) is 12.4 Å². The number of ether oxygens (including phenoxy) is 1. The summed E-state index contributed by atoms with van der Waals surface area (Å²) in [6, 6.07) is 0. The van der Waals surface area contributed by atoms with Gasteiger partial charge in [0.15, 0.2) is 5.82 Å². The molecule has 1 atom stereocenters. The van der Waals surface area contributed by atoms with Crippen molar-refractivity contribution in [2.75, 3.05) is 19.7 Å². The van der Waals surface area contributed by atoms with Crippen molar-refractivity contribution in [3.8, 4) is 0 Å². The van der Waals surface area contributed by atoms with Crippen LogP contribution >= 0.6 is 0 Å². The zero-order valence-corrected chi connectivity index (χ0v) is 15.2. The highest BCUT2D eigenvalue weighted by Crippen LogP contribution is 2.24. The summed E-state index contributed by atoms with van der Waals surface area (Å²) in [7, 11) is 2.05. The third kappa shape index (κ3) is 3.23. The van der Waals surface area contributed by atoms with Crippen LogP contribution in [-0.4, -0.2) is 49.1 Å². The fourth-order valence-corrected chi connectivity index (χ4v) is 3.56. The highest BCUT2D eigenvalue weighted by Gasteiger charge is 2.27. The minimum absolute atomic E-state index is 0.00646. The second-order valence-corrected chi connectivity index (χ2v) is 6.27. The fraction of sp³-hybridized carbons (Fsp3) is 0.706. The van der Waals surface area contributed by atoms with Crippen LogP contribution in [0.1, 0.15) is 49.7 Å². The van der Waals surface area contributed by atoms with E-state index >= 15 is 0 Å². The molecule has 7 nitrogen and oxygen atoms in total. The van der Waals surface area contributed by atoms with Crippen LogP contribution in [0.2, 0.25) is 0 Å². The molecule has 1 aliphatic rings. The number of hydrogen-bond donors (Lipinski definition) is 0. The molecule has 0 aliphatic carbocycles. The molecule has 0 unspecified atom stereocenters. The van der Waals surface area contributed by atoms with E-state index in [1.165, 1.54) is 17.0 Å². The molecule has 2 aromatic rings. The Hall–Kier alpha value is -1.73. The fourth-order valence-electron chi connectivity index (χ4n) is 3.56. The largest absolute Gasteiger partial charge is 0.368 e. The van der Waals surface area contributed by atoms with Crippen molar-refractivity contribution in [3.05, 3.63) is 29.1 Å². The molecule has 1 saturated heterocycles. The molecule has 0 amide bonds. The predicted octanol–water partition coefficient (Wildman–Crippen LogP) is 1.73. The Labute approximate surface area is 143 Å². The van der Waals surface area contributed by atoms with E-state index in [-0.39, 0.29) is 6.10 Å². The zero-order chi connectivity index (χ0) is 17.1. The maximum Gasteiger partial charge on any atom is 0.163 e. The summed E-state index contributed by atoms with van der Waals surface area (Å²) in [5.41, 5.74) is 3.95. The summed E-state index contributed by atoms with van der Waals surface area (Å²) in [5.74, 6) is 0.930. The second-order valence-electron chi connectivity index (χ2n) is 6.27. The number of nitrogens with zero attached hydrogens (tertiary/aromatic N) is 6. The van der Waals surface area contributed by atoms with Crippen molar-refractivity contribution in [1.29, 1.82) is 0 Å².